The SMILES string of the molecule is CN=C(N)NC1C#CC2CC3(C=C(Cc4cc5ccccc5[nH]4)C24CCC(C)(O)C2CC(O)C(O)(C1)C2C4)CCCC3. The second-order valence-corrected chi connectivity index (χ2v) is 14.5. The molecule has 5 aliphatic carbocycles. The van der Waals surface area contributed by atoms with Gasteiger partial charge in [-0.05, 0) is 86.6 Å². The molecular formula is C35H46N4O3. The van der Waals surface area contributed by atoms with Gasteiger partial charge in [0, 0.05) is 42.4 Å². The molecule has 1 heterocycles. The molecule has 7 nitrogen and oxygen atoms in total. The van der Waals surface area contributed by atoms with Crippen molar-refractivity contribution in [3.63, 3.8) is 0 Å². The van der Waals surface area contributed by atoms with Crippen LogP contribution < -0.4 is 11.1 Å². The molecule has 0 saturated heterocycles. The molecule has 7 heteroatoms. The molecule has 42 heavy (non-hydrogen) atoms. The number of guanidine groups is 1. The lowest BCUT2D eigenvalue weighted by Gasteiger charge is -2.50. The fraction of sp³-hybridized carbons (Fsp3) is 0.629. The van der Waals surface area contributed by atoms with Crippen molar-refractivity contribution in [2.24, 2.45) is 39.3 Å². The summed E-state index contributed by atoms with van der Waals surface area (Å²) in [5, 5.41) is 40.3. The van der Waals surface area contributed by atoms with Crippen LogP contribution in [-0.4, -0.2) is 56.7 Å². The van der Waals surface area contributed by atoms with Gasteiger partial charge in [0.25, 0.3) is 0 Å². The van der Waals surface area contributed by atoms with Gasteiger partial charge >= 0.3 is 0 Å². The minimum Gasteiger partial charge on any atom is -0.390 e. The van der Waals surface area contributed by atoms with Gasteiger partial charge in [-0.25, -0.2) is 0 Å². The number of para-hydroxylation sites is 1. The largest absolute Gasteiger partial charge is 0.390 e. The Morgan fingerprint density at radius 1 is 1.07 bits per heavy atom. The number of nitrogens with one attached hydrogen (secondary N) is 2. The molecule has 0 aliphatic heterocycles. The van der Waals surface area contributed by atoms with E-state index in [1.165, 1.54) is 42.3 Å². The number of allylic oxidation sites excluding steroid dienone is 2. The van der Waals surface area contributed by atoms with Crippen LogP contribution in [0.4, 0.5) is 0 Å². The lowest BCUT2D eigenvalue weighted by molar-refractivity contribution is -0.107. The highest BCUT2D eigenvalue weighted by Gasteiger charge is 2.64. The Kier molecular flexibility index (Phi) is 6.58. The molecule has 0 radical (unpaired) electrons. The third-order valence-corrected chi connectivity index (χ3v) is 12.1. The van der Waals surface area contributed by atoms with Crippen molar-refractivity contribution in [1.82, 2.24) is 10.3 Å². The molecule has 1 aromatic heterocycles. The number of hydrogen-bond donors (Lipinski definition) is 6. The van der Waals surface area contributed by atoms with Crippen molar-refractivity contribution in [2.45, 2.75) is 101 Å². The second-order valence-electron chi connectivity index (χ2n) is 14.5. The number of rotatable bonds is 3. The molecule has 224 valence electrons. The fourth-order valence-corrected chi connectivity index (χ4v) is 9.85. The molecule has 5 aliphatic rings. The van der Waals surface area contributed by atoms with E-state index in [0.29, 0.717) is 19.3 Å². The minimum absolute atomic E-state index is 0.0821. The lowest BCUT2D eigenvalue weighted by Crippen LogP contribution is -2.52. The monoisotopic (exact) mass is 570 g/mol. The van der Waals surface area contributed by atoms with E-state index < -0.39 is 23.3 Å². The van der Waals surface area contributed by atoms with Crippen LogP contribution in [0.5, 0.6) is 0 Å². The summed E-state index contributed by atoms with van der Waals surface area (Å²) < 4.78 is 0. The molecule has 8 unspecified atom stereocenters. The van der Waals surface area contributed by atoms with Gasteiger partial charge in [-0.15, -0.1) is 0 Å². The normalized spacial score (nSPS) is 40.7. The molecule has 2 bridgehead atoms. The van der Waals surface area contributed by atoms with Crippen molar-refractivity contribution >= 4 is 16.9 Å². The number of aromatic nitrogens is 1. The summed E-state index contributed by atoms with van der Waals surface area (Å²) in [7, 11) is 1.63. The predicted molar refractivity (Wildman–Crippen MR) is 165 cm³/mol. The number of aliphatic imine (C=N–C) groups is 1. The summed E-state index contributed by atoms with van der Waals surface area (Å²) in [6.45, 7) is 1.93. The van der Waals surface area contributed by atoms with Gasteiger partial charge in [0.2, 0.25) is 0 Å². The zero-order valence-corrected chi connectivity index (χ0v) is 25.0. The highest BCUT2D eigenvalue weighted by Crippen LogP contribution is 2.65. The standard InChI is InChI=1S/C35H46N4O3/c1-32(41)13-14-34-21-28-27(32)17-30(40)35(28,42)20-25(39-31(36)37-2)10-9-23(34)18-33(11-5-6-12-33)19-24(34)16-26-15-22-7-3-4-8-29(22)38-26/h3-4,7-8,15,19,23,25,27-28,30,38,40-42H,5-6,11-14,16-18,20-21H2,1-2H3,(H3,36,37,39). The first kappa shape index (κ1) is 28.0. The topological polar surface area (TPSA) is 127 Å². The Morgan fingerprint density at radius 3 is 2.62 bits per heavy atom. The zero-order valence-electron chi connectivity index (χ0n) is 25.0. The van der Waals surface area contributed by atoms with E-state index in [1.807, 2.05) is 6.92 Å². The third-order valence-electron chi connectivity index (χ3n) is 12.1. The number of aliphatic hydroxyl groups is 3. The summed E-state index contributed by atoms with van der Waals surface area (Å²) in [5.74, 6) is 7.18. The van der Waals surface area contributed by atoms with Gasteiger partial charge in [0.15, 0.2) is 5.96 Å². The number of benzene rings is 1. The summed E-state index contributed by atoms with van der Waals surface area (Å²) in [6.07, 6.45) is 11.1. The number of aliphatic hydroxyl groups excluding tert-OH is 1. The van der Waals surface area contributed by atoms with Gasteiger partial charge in [0.05, 0.1) is 23.3 Å². The molecule has 2 spiro atoms. The van der Waals surface area contributed by atoms with Gasteiger partial charge in [-0.2, -0.15) is 0 Å². The minimum atomic E-state index is -1.39. The van der Waals surface area contributed by atoms with Crippen molar-refractivity contribution in [3.8, 4) is 11.8 Å². The van der Waals surface area contributed by atoms with Gasteiger partial charge < -0.3 is 31.4 Å². The number of nitrogens with zero attached hydrogens (tertiary/aromatic N) is 1. The van der Waals surface area contributed by atoms with E-state index in [4.69, 9.17) is 5.73 Å². The van der Waals surface area contributed by atoms with Crippen LogP contribution in [0.25, 0.3) is 10.9 Å². The van der Waals surface area contributed by atoms with Crippen LogP contribution >= 0.6 is 0 Å². The van der Waals surface area contributed by atoms with Gasteiger partial charge in [-0.3, -0.25) is 4.99 Å². The van der Waals surface area contributed by atoms with Gasteiger partial charge in [-0.1, -0.05) is 54.5 Å². The Hall–Kier alpha value is -2.79. The molecule has 2 aromatic rings. The maximum absolute atomic E-state index is 12.4. The number of hydrogen-bond acceptors (Lipinski definition) is 4. The highest BCUT2D eigenvalue weighted by atomic mass is 16.3. The zero-order chi connectivity index (χ0) is 29.3. The maximum atomic E-state index is 12.4. The molecule has 7 rings (SSSR count). The molecular weight excluding hydrogens is 524 g/mol. The van der Waals surface area contributed by atoms with Crippen molar-refractivity contribution in [3.05, 3.63) is 47.7 Å². The molecule has 1 aromatic carbocycles. The van der Waals surface area contributed by atoms with Crippen LogP contribution in [0.3, 0.4) is 0 Å². The number of fused-ring (bicyclic) bond motifs is 1. The number of H-pyrrole nitrogens is 1. The number of aromatic amines is 1. The first-order valence-electron chi connectivity index (χ1n) is 16.0. The Labute approximate surface area is 249 Å². The number of nitrogens with two attached hydrogens (primary N) is 1. The lowest BCUT2D eigenvalue weighted by atomic mass is 9.53. The molecule has 7 N–H and O–H groups in total. The van der Waals surface area contributed by atoms with E-state index in [0.717, 1.165) is 24.8 Å². The molecule has 3 saturated carbocycles. The predicted octanol–water partition coefficient (Wildman–Crippen LogP) is 4.18. The Morgan fingerprint density at radius 2 is 1.86 bits per heavy atom. The molecule has 0 amide bonds. The molecule has 3 fully saturated rings. The average molecular weight is 571 g/mol. The summed E-state index contributed by atoms with van der Waals surface area (Å²) >= 11 is 0. The summed E-state index contributed by atoms with van der Waals surface area (Å²) in [5.41, 5.74) is 7.31. The maximum Gasteiger partial charge on any atom is 0.189 e. The van der Waals surface area contributed by atoms with E-state index in [-0.39, 0.29) is 41.0 Å². The van der Waals surface area contributed by atoms with E-state index in [2.05, 4.69) is 63.5 Å². The second kappa shape index (κ2) is 9.87. The Balaban J connectivity index is 1.41. The van der Waals surface area contributed by atoms with Crippen LogP contribution in [0.1, 0.15) is 76.8 Å². The average Bonchev–Trinajstić information content (AvgIpc) is 3.63. The van der Waals surface area contributed by atoms with Crippen LogP contribution in [-0.2, 0) is 6.42 Å². The molecule has 8 atom stereocenters. The first-order valence-corrected chi connectivity index (χ1v) is 16.0. The Bertz CT molecular complexity index is 1460. The quantitative estimate of drug-likeness (QED) is 0.143. The van der Waals surface area contributed by atoms with E-state index in [9.17, 15) is 15.3 Å². The van der Waals surface area contributed by atoms with Crippen LogP contribution in [0.2, 0.25) is 0 Å². The third kappa shape index (κ3) is 4.41. The van der Waals surface area contributed by atoms with Gasteiger partial charge in [0.1, 0.15) is 0 Å². The summed E-state index contributed by atoms with van der Waals surface area (Å²) in [6, 6.07) is 10.3. The summed E-state index contributed by atoms with van der Waals surface area (Å²) in [4.78, 5) is 7.79. The smallest absolute Gasteiger partial charge is 0.189 e. The van der Waals surface area contributed by atoms with Crippen molar-refractivity contribution in [2.75, 3.05) is 7.05 Å². The van der Waals surface area contributed by atoms with Crippen LogP contribution in [0.15, 0.2) is 47.0 Å². The van der Waals surface area contributed by atoms with E-state index in [1.54, 1.807) is 7.05 Å². The highest BCUT2D eigenvalue weighted by molar-refractivity contribution is 5.80. The van der Waals surface area contributed by atoms with Crippen LogP contribution in [0, 0.1) is 40.4 Å². The van der Waals surface area contributed by atoms with Crippen molar-refractivity contribution in [1.29, 1.82) is 0 Å². The van der Waals surface area contributed by atoms with Crippen molar-refractivity contribution < 1.29 is 15.3 Å². The fourth-order valence-electron chi connectivity index (χ4n) is 9.85. The first-order chi connectivity index (χ1) is 20.1. The van der Waals surface area contributed by atoms with E-state index >= 15 is 0 Å².